The fourth-order valence-corrected chi connectivity index (χ4v) is 1.67. The molecule has 1 atom stereocenters. The molecule has 104 valence electrons. The first-order chi connectivity index (χ1) is 8.93. The molecular weight excluding hydrogens is 255 g/mol. The third-order valence-corrected chi connectivity index (χ3v) is 2.78. The summed E-state index contributed by atoms with van der Waals surface area (Å²) >= 11 is 0. The third-order valence-electron chi connectivity index (χ3n) is 2.78. The topological polar surface area (TPSA) is 92.5 Å². The number of nitrogens with one attached hydrogen (secondary N) is 1. The van der Waals surface area contributed by atoms with Gasteiger partial charge in [0, 0.05) is 13.0 Å². The van der Waals surface area contributed by atoms with E-state index < -0.39 is 16.7 Å². The first-order valence-corrected chi connectivity index (χ1v) is 5.83. The predicted molar refractivity (Wildman–Crippen MR) is 67.6 cm³/mol. The average Bonchev–Trinajstić information content (AvgIpc) is 2.34. The second-order valence-corrected chi connectivity index (χ2v) is 4.17. The van der Waals surface area contributed by atoms with Crippen molar-refractivity contribution in [3.63, 3.8) is 0 Å². The van der Waals surface area contributed by atoms with Crippen LogP contribution in [0.5, 0.6) is 0 Å². The van der Waals surface area contributed by atoms with Gasteiger partial charge in [0.05, 0.1) is 11.0 Å². The van der Waals surface area contributed by atoms with Crippen molar-refractivity contribution >= 4 is 17.3 Å². The molecule has 2 N–H and O–H groups in total. The minimum Gasteiger partial charge on any atom is -0.481 e. The number of carboxylic acids is 1. The van der Waals surface area contributed by atoms with Crippen LogP contribution < -0.4 is 5.32 Å². The molecule has 1 rings (SSSR count). The Morgan fingerprint density at radius 3 is 2.79 bits per heavy atom. The number of nitro groups is 1. The van der Waals surface area contributed by atoms with Gasteiger partial charge in [-0.2, -0.15) is 0 Å². The van der Waals surface area contributed by atoms with E-state index in [0.717, 1.165) is 12.1 Å². The molecule has 0 aliphatic carbocycles. The van der Waals surface area contributed by atoms with E-state index in [4.69, 9.17) is 5.11 Å². The molecule has 1 aromatic rings. The second kappa shape index (κ2) is 6.67. The van der Waals surface area contributed by atoms with Gasteiger partial charge in [0.2, 0.25) is 0 Å². The number of hydrogen-bond donors (Lipinski definition) is 2. The first-order valence-electron chi connectivity index (χ1n) is 5.83. The molecule has 1 unspecified atom stereocenters. The lowest BCUT2D eigenvalue weighted by Gasteiger charge is -2.14. The molecule has 0 bridgehead atoms. The SMILES string of the molecule is CCC(CNc1ccc(F)cc1[N+](=O)[O-])CC(=O)O. The van der Waals surface area contributed by atoms with Crippen molar-refractivity contribution in [1.82, 2.24) is 0 Å². The molecule has 0 aliphatic rings. The first kappa shape index (κ1) is 14.9. The van der Waals surface area contributed by atoms with Crippen molar-refractivity contribution in [3.8, 4) is 0 Å². The molecule has 0 radical (unpaired) electrons. The summed E-state index contributed by atoms with van der Waals surface area (Å²) in [6, 6.07) is 3.23. The Labute approximate surface area is 109 Å². The normalized spacial score (nSPS) is 11.9. The van der Waals surface area contributed by atoms with Crippen LogP contribution >= 0.6 is 0 Å². The van der Waals surface area contributed by atoms with Crippen molar-refractivity contribution in [3.05, 3.63) is 34.1 Å². The zero-order valence-electron chi connectivity index (χ0n) is 10.4. The van der Waals surface area contributed by atoms with Gasteiger partial charge >= 0.3 is 5.97 Å². The Balaban J connectivity index is 2.76. The fourth-order valence-electron chi connectivity index (χ4n) is 1.67. The Morgan fingerprint density at radius 2 is 2.26 bits per heavy atom. The fraction of sp³-hybridized carbons (Fsp3) is 0.417. The smallest absolute Gasteiger partial charge is 0.303 e. The van der Waals surface area contributed by atoms with E-state index in [1.54, 1.807) is 0 Å². The van der Waals surface area contributed by atoms with Gasteiger partial charge in [-0.1, -0.05) is 13.3 Å². The minimum absolute atomic E-state index is 0.0154. The number of hydrogen-bond acceptors (Lipinski definition) is 4. The maximum atomic E-state index is 12.9. The zero-order chi connectivity index (χ0) is 14.4. The van der Waals surface area contributed by atoms with Gasteiger partial charge in [0.25, 0.3) is 5.69 Å². The highest BCUT2D eigenvalue weighted by atomic mass is 19.1. The zero-order valence-corrected chi connectivity index (χ0v) is 10.4. The average molecular weight is 270 g/mol. The van der Waals surface area contributed by atoms with Crippen LogP contribution in [0.3, 0.4) is 0 Å². The maximum Gasteiger partial charge on any atom is 0.303 e. The number of carboxylic acid groups (broad SMARTS) is 1. The van der Waals surface area contributed by atoms with Crippen LogP contribution in [-0.2, 0) is 4.79 Å². The van der Waals surface area contributed by atoms with Crippen LogP contribution in [-0.4, -0.2) is 22.5 Å². The molecule has 0 heterocycles. The molecule has 0 fully saturated rings. The number of nitrogens with zero attached hydrogens (tertiary/aromatic N) is 1. The summed E-state index contributed by atoms with van der Waals surface area (Å²) in [6.45, 7) is 2.13. The molecular formula is C12H15FN2O4. The van der Waals surface area contributed by atoms with Crippen molar-refractivity contribution in [2.45, 2.75) is 19.8 Å². The van der Waals surface area contributed by atoms with E-state index in [-0.39, 0.29) is 30.3 Å². The molecule has 0 aliphatic heterocycles. The summed E-state index contributed by atoms with van der Waals surface area (Å²) < 4.78 is 12.9. The third kappa shape index (κ3) is 4.53. The lowest BCUT2D eigenvalue weighted by molar-refractivity contribution is -0.384. The number of aliphatic carboxylic acids is 1. The second-order valence-electron chi connectivity index (χ2n) is 4.17. The van der Waals surface area contributed by atoms with Crippen molar-refractivity contribution in [2.24, 2.45) is 5.92 Å². The number of rotatable bonds is 7. The molecule has 19 heavy (non-hydrogen) atoms. The van der Waals surface area contributed by atoms with Crippen LogP contribution in [0.4, 0.5) is 15.8 Å². The van der Waals surface area contributed by atoms with E-state index in [1.807, 2.05) is 6.92 Å². The van der Waals surface area contributed by atoms with Crippen LogP contribution in [0.1, 0.15) is 19.8 Å². The highest BCUT2D eigenvalue weighted by molar-refractivity contribution is 5.67. The lowest BCUT2D eigenvalue weighted by atomic mass is 10.0. The van der Waals surface area contributed by atoms with Gasteiger partial charge in [0.15, 0.2) is 0 Å². The van der Waals surface area contributed by atoms with Gasteiger partial charge in [-0.25, -0.2) is 4.39 Å². The Hall–Kier alpha value is -2.18. The van der Waals surface area contributed by atoms with E-state index in [9.17, 15) is 19.3 Å². The summed E-state index contributed by atoms with van der Waals surface area (Å²) in [5.74, 6) is -1.74. The van der Waals surface area contributed by atoms with E-state index in [0.29, 0.717) is 6.42 Å². The summed E-state index contributed by atoms with van der Waals surface area (Å²) in [6.07, 6.45) is 0.618. The maximum absolute atomic E-state index is 12.9. The quantitative estimate of drug-likeness (QED) is 0.587. The number of halogens is 1. The molecule has 1 aromatic carbocycles. The molecule has 6 nitrogen and oxygen atoms in total. The lowest BCUT2D eigenvalue weighted by Crippen LogP contribution is -2.17. The number of carbonyl (C=O) groups is 1. The summed E-state index contributed by atoms with van der Waals surface area (Å²) in [7, 11) is 0. The largest absolute Gasteiger partial charge is 0.481 e. The standard InChI is InChI=1S/C12H15FN2O4/c1-2-8(5-12(16)17)7-14-10-4-3-9(13)6-11(10)15(18)19/h3-4,6,8,14H,2,5,7H2,1H3,(H,16,17). The van der Waals surface area contributed by atoms with E-state index >= 15 is 0 Å². The van der Waals surface area contributed by atoms with Crippen LogP contribution in [0, 0.1) is 21.8 Å². The molecule has 7 heteroatoms. The van der Waals surface area contributed by atoms with Gasteiger partial charge in [0.1, 0.15) is 11.5 Å². The van der Waals surface area contributed by atoms with Crippen LogP contribution in [0.15, 0.2) is 18.2 Å². The molecule has 0 amide bonds. The highest BCUT2D eigenvalue weighted by Crippen LogP contribution is 2.25. The highest BCUT2D eigenvalue weighted by Gasteiger charge is 2.17. The number of benzene rings is 1. The number of anilines is 1. The Kier molecular flexibility index (Phi) is 5.23. The summed E-state index contributed by atoms with van der Waals surface area (Å²) in [5, 5.41) is 22.3. The Bertz CT molecular complexity index is 479. The van der Waals surface area contributed by atoms with Gasteiger partial charge in [-0.3, -0.25) is 14.9 Å². The minimum atomic E-state index is -0.915. The van der Waals surface area contributed by atoms with E-state index in [2.05, 4.69) is 5.32 Å². The van der Waals surface area contributed by atoms with E-state index in [1.165, 1.54) is 6.07 Å². The summed E-state index contributed by atoms with van der Waals surface area (Å²) in [4.78, 5) is 20.7. The number of nitro benzene ring substituents is 1. The van der Waals surface area contributed by atoms with Crippen molar-refractivity contribution < 1.29 is 19.2 Å². The monoisotopic (exact) mass is 270 g/mol. The molecule has 0 spiro atoms. The van der Waals surface area contributed by atoms with Crippen molar-refractivity contribution in [1.29, 1.82) is 0 Å². The van der Waals surface area contributed by atoms with Crippen LogP contribution in [0.25, 0.3) is 0 Å². The van der Waals surface area contributed by atoms with Crippen LogP contribution in [0.2, 0.25) is 0 Å². The van der Waals surface area contributed by atoms with Crippen molar-refractivity contribution in [2.75, 3.05) is 11.9 Å². The molecule has 0 saturated heterocycles. The Morgan fingerprint density at radius 1 is 1.58 bits per heavy atom. The summed E-state index contributed by atoms with van der Waals surface area (Å²) in [5.41, 5.74) is -0.166. The molecule has 0 saturated carbocycles. The predicted octanol–water partition coefficient (Wildman–Crippen LogP) is 2.65. The molecule has 0 aromatic heterocycles. The van der Waals surface area contributed by atoms with Gasteiger partial charge in [-0.05, 0) is 18.1 Å². The van der Waals surface area contributed by atoms with Gasteiger partial charge < -0.3 is 10.4 Å². The van der Waals surface area contributed by atoms with Gasteiger partial charge in [-0.15, -0.1) is 0 Å².